The van der Waals surface area contributed by atoms with Crippen LogP contribution in [0.4, 0.5) is 0 Å². The molecular weight excluding hydrogens is 336 g/mol. The van der Waals surface area contributed by atoms with Gasteiger partial charge in [0.15, 0.2) is 12.6 Å². The minimum atomic E-state index is -2.83. The molecule has 0 aromatic carbocycles. The molecule has 2 aliphatic rings. The zero-order valence-corrected chi connectivity index (χ0v) is 12.4. The smallest absolute Gasteiger partial charge is 0.226 e. The van der Waals surface area contributed by atoms with E-state index in [9.17, 15) is 40.9 Å². The van der Waals surface area contributed by atoms with Crippen molar-refractivity contribution in [3.05, 3.63) is 0 Å². The lowest BCUT2D eigenvalue weighted by molar-refractivity contribution is -0.438. The molecule has 9 N–H and O–H groups in total. The van der Waals surface area contributed by atoms with Crippen molar-refractivity contribution in [2.24, 2.45) is 0 Å². The van der Waals surface area contributed by atoms with E-state index in [1.807, 2.05) is 0 Å². The fourth-order valence-corrected chi connectivity index (χ4v) is 2.61. The molecule has 0 aromatic heterocycles. The zero-order valence-electron chi connectivity index (χ0n) is 12.4. The highest BCUT2D eigenvalue weighted by atomic mass is 16.8. The third-order valence-electron chi connectivity index (χ3n) is 4.12. The molecule has 142 valence electrons. The van der Waals surface area contributed by atoms with E-state index < -0.39 is 74.3 Å². The Morgan fingerprint density at radius 1 is 0.792 bits per heavy atom. The van der Waals surface area contributed by atoms with Crippen LogP contribution < -0.4 is 0 Å². The fraction of sp³-hybridized carbons (Fsp3) is 1.00. The largest absolute Gasteiger partial charge is 0.394 e. The molecule has 0 aliphatic carbocycles. The molecule has 12 nitrogen and oxygen atoms in total. The van der Waals surface area contributed by atoms with E-state index in [2.05, 4.69) is 0 Å². The van der Waals surface area contributed by atoms with Crippen LogP contribution in [-0.2, 0) is 14.2 Å². The van der Waals surface area contributed by atoms with Crippen LogP contribution in [-0.4, -0.2) is 120 Å². The maximum atomic E-state index is 10.4. The van der Waals surface area contributed by atoms with Gasteiger partial charge in [0.2, 0.25) is 5.79 Å². The van der Waals surface area contributed by atoms with Gasteiger partial charge in [0.1, 0.15) is 42.7 Å². The molecule has 0 amide bonds. The Hall–Kier alpha value is -0.480. The van der Waals surface area contributed by atoms with Gasteiger partial charge < -0.3 is 60.2 Å². The number of ether oxygens (including phenoxy) is 3. The Labute approximate surface area is 135 Å². The molecule has 0 radical (unpaired) electrons. The van der Waals surface area contributed by atoms with Crippen LogP contribution in [0.5, 0.6) is 0 Å². The normalized spacial score (nSPS) is 53.1. The van der Waals surface area contributed by atoms with Crippen molar-refractivity contribution < 1.29 is 60.2 Å². The summed E-state index contributed by atoms with van der Waals surface area (Å²) in [5, 5.41) is 87.0. The summed E-state index contributed by atoms with van der Waals surface area (Å²) in [4.78, 5) is 0. The average molecular weight is 358 g/mol. The Morgan fingerprint density at radius 2 is 1.42 bits per heavy atom. The number of rotatable bonds is 4. The summed E-state index contributed by atoms with van der Waals surface area (Å²) in [6.07, 6.45) is -16.4. The molecule has 0 saturated carbocycles. The Kier molecular flexibility index (Phi) is 6.12. The van der Waals surface area contributed by atoms with Crippen molar-refractivity contribution in [1.82, 2.24) is 0 Å². The summed E-state index contributed by atoms with van der Waals surface area (Å²) in [7, 11) is 0. The van der Waals surface area contributed by atoms with E-state index in [1.165, 1.54) is 0 Å². The number of aliphatic hydroxyl groups is 9. The molecule has 2 saturated heterocycles. The van der Waals surface area contributed by atoms with Gasteiger partial charge in [0, 0.05) is 0 Å². The Morgan fingerprint density at radius 3 is 1.96 bits per heavy atom. The van der Waals surface area contributed by atoms with E-state index in [0.29, 0.717) is 0 Å². The molecule has 2 rings (SSSR count). The highest BCUT2D eigenvalue weighted by Crippen LogP contribution is 2.34. The summed E-state index contributed by atoms with van der Waals surface area (Å²) >= 11 is 0. The Balaban J connectivity index is 2.22. The minimum Gasteiger partial charge on any atom is -0.394 e. The number of aliphatic hydroxyl groups excluding tert-OH is 8. The van der Waals surface area contributed by atoms with Crippen molar-refractivity contribution in [1.29, 1.82) is 0 Å². The second-order valence-electron chi connectivity index (χ2n) is 5.70. The third kappa shape index (κ3) is 3.29. The maximum Gasteiger partial charge on any atom is 0.226 e. The van der Waals surface area contributed by atoms with Gasteiger partial charge in [0.05, 0.1) is 13.2 Å². The molecule has 2 heterocycles. The van der Waals surface area contributed by atoms with Gasteiger partial charge in [-0.25, -0.2) is 0 Å². The van der Waals surface area contributed by atoms with Gasteiger partial charge in [-0.15, -0.1) is 0 Å². The van der Waals surface area contributed by atoms with Crippen molar-refractivity contribution in [3.63, 3.8) is 0 Å². The summed E-state index contributed by atoms with van der Waals surface area (Å²) in [6, 6.07) is 0. The second kappa shape index (κ2) is 7.41. The predicted molar refractivity (Wildman–Crippen MR) is 69.8 cm³/mol. The summed E-state index contributed by atoms with van der Waals surface area (Å²) in [5.74, 6) is -2.83. The van der Waals surface area contributed by atoms with E-state index in [0.717, 1.165) is 0 Å². The van der Waals surface area contributed by atoms with Crippen LogP contribution in [0.15, 0.2) is 0 Å². The van der Waals surface area contributed by atoms with Gasteiger partial charge >= 0.3 is 0 Å². The number of hydrogen-bond acceptors (Lipinski definition) is 12. The molecule has 4 unspecified atom stereocenters. The van der Waals surface area contributed by atoms with Gasteiger partial charge in [-0.3, -0.25) is 0 Å². The molecular formula is C12H22O12. The van der Waals surface area contributed by atoms with E-state index in [1.54, 1.807) is 0 Å². The van der Waals surface area contributed by atoms with Crippen molar-refractivity contribution >= 4 is 0 Å². The average Bonchev–Trinajstić information content (AvgIpc) is 2.57. The van der Waals surface area contributed by atoms with Crippen LogP contribution >= 0.6 is 0 Å². The minimum absolute atomic E-state index is 0.757. The van der Waals surface area contributed by atoms with Gasteiger partial charge in [0.25, 0.3) is 0 Å². The highest BCUT2D eigenvalue weighted by molar-refractivity contribution is 4.97. The topological polar surface area (TPSA) is 210 Å². The summed E-state index contributed by atoms with van der Waals surface area (Å²) in [6.45, 7) is -1.71. The molecule has 2 aliphatic heterocycles. The monoisotopic (exact) mass is 358 g/mol. The third-order valence-corrected chi connectivity index (χ3v) is 4.12. The first-order chi connectivity index (χ1) is 11.2. The van der Waals surface area contributed by atoms with E-state index in [-0.39, 0.29) is 0 Å². The first-order valence-corrected chi connectivity index (χ1v) is 7.18. The van der Waals surface area contributed by atoms with E-state index in [4.69, 9.17) is 19.3 Å². The lowest BCUT2D eigenvalue weighted by Gasteiger charge is -2.49. The molecule has 0 spiro atoms. The van der Waals surface area contributed by atoms with Crippen LogP contribution in [0.1, 0.15) is 0 Å². The number of hydrogen-bond donors (Lipinski definition) is 9. The first kappa shape index (κ1) is 19.8. The lowest BCUT2D eigenvalue weighted by Crippen LogP contribution is -2.71. The van der Waals surface area contributed by atoms with Crippen molar-refractivity contribution in [3.8, 4) is 0 Å². The van der Waals surface area contributed by atoms with Crippen LogP contribution in [0, 0.1) is 0 Å². The van der Waals surface area contributed by atoms with Crippen LogP contribution in [0.3, 0.4) is 0 Å². The maximum absolute atomic E-state index is 10.4. The molecule has 10 atom stereocenters. The Bertz CT molecular complexity index is 417. The SMILES string of the molecule is OCC1O[C@@H](O[C@]2(O)C(CO)O[C@@H](O)C(O)[C@H]2O)C(O)[C@@H](O)[C@H]1O. The molecule has 2 fully saturated rings. The standard InChI is InChI=1S/C12H22O12/c13-1-3-5(15)6(16)7(17)11(22-3)24-12(21)4(2-14)23-10(20)8(18)9(12)19/h3-11,13-21H,1-2H2/t3?,4?,5-,6-,7?,8?,9+,10+,11-,12+/m0/s1. The molecule has 0 aromatic rings. The fourth-order valence-electron chi connectivity index (χ4n) is 2.61. The van der Waals surface area contributed by atoms with Gasteiger partial charge in [-0.1, -0.05) is 0 Å². The van der Waals surface area contributed by atoms with Gasteiger partial charge in [-0.05, 0) is 0 Å². The molecule has 24 heavy (non-hydrogen) atoms. The van der Waals surface area contributed by atoms with E-state index >= 15 is 0 Å². The summed E-state index contributed by atoms with van der Waals surface area (Å²) < 4.78 is 14.8. The lowest BCUT2D eigenvalue weighted by atomic mass is 9.94. The van der Waals surface area contributed by atoms with Crippen molar-refractivity contribution in [2.45, 2.75) is 61.1 Å². The first-order valence-electron chi connectivity index (χ1n) is 7.18. The highest BCUT2D eigenvalue weighted by Gasteiger charge is 2.58. The second-order valence-corrected chi connectivity index (χ2v) is 5.70. The van der Waals surface area contributed by atoms with Crippen molar-refractivity contribution in [2.75, 3.05) is 13.2 Å². The van der Waals surface area contributed by atoms with Crippen LogP contribution in [0.2, 0.25) is 0 Å². The summed E-state index contributed by atoms with van der Waals surface area (Å²) in [5.41, 5.74) is 0. The molecule has 12 heteroatoms. The quantitative estimate of drug-likeness (QED) is 0.215. The van der Waals surface area contributed by atoms with Gasteiger partial charge in [-0.2, -0.15) is 0 Å². The predicted octanol–water partition coefficient (Wildman–Crippen LogP) is -6.08. The van der Waals surface area contributed by atoms with Crippen LogP contribution in [0.25, 0.3) is 0 Å². The zero-order chi connectivity index (χ0) is 18.2. The molecule has 0 bridgehead atoms.